The molecule has 1 N–H and O–H groups in total. The van der Waals surface area contributed by atoms with Crippen LogP contribution in [0.15, 0.2) is 12.1 Å². The molecule has 0 fully saturated rings. The van der Waals surface area contributed by atoms with Crippen LogP contribution in [-0.2, 0) is 0 Å². The Labute approximate surface area is 77.8 Å². The molecule has 5 heteroatoms. The summed E-state index contributed by atoms with van der Waals surface area (Å²) in [5, 5.41) is 9.05. The maximum Gasteiger partial charge on any atom is 0.134 e. The van der Waals surface area contributed by atoms with Gasteiger partial charge in [-0.2, -0.15) is 0 Å². The highest BCUT2D eigenvalue weighted by molar-refractivity contribution is 6.18. The maximum atomic E-state index is 12.9. The van der Waals surface area contributed by atoms with Crippen molar-refractivity contribution >= 4 is 11.6 Å². The first-order chi connectivity index (χ1) is 6.06. The van der Waals surface area contributed by atoms with E-state index in [9.17, 15) is 13.2 Å². The van der Waals surface area contributed by atoms with E-state index in [0.29, 0.717) is 12.1 Å². The third-order valence-electron chi connectivity index (χ3n) is 1.52. The zero-order valence-corrected chi connectivity index (χ0v) is 7.15. The molecule has 1 atom stereocenters. The summed E-state index contributed by atoms with van der Waals surface area (Å²) in [4.78, 5) is 0. The zero-order valence-electron chi connectivity index (χ0n) is 6.40. The molecule has 0 spiro atoms. The fourth-order valence-electron chi connectivity index (χ4n) is 0.949. The van der Waals surface area contributed by atoms with Crippen LogP contribution in [0.3, 0.4) is 0 Å². The third-order valence-corrected chi connectivity index (χ3v) is 1.82. The number of aliphatic hydroxyl groups is 1. The molecule has 0 bridgehead atoms. The zero-order chi connectivity index (χ0) is 10.0. The Morgan fingerprint density at radius 1 is 1.23 bits per heavy atom. The van der Waals surface area contributed by atoms with Gasteiger partial charge in [0.05, 0.1) is 17.5 Å². The Morgan fingerprint density at radius 2 is 1.69 bits per heavy atom. The highest BCUT2D eigenvalue weighted by Gasteiger charge is 2.18. The molecule has 0 saturated carbocycles. The number of aliphatic hydroxyl groups excluding tert-OH is 1. The number of hydrogen-bond donors (Lipinski definition) is 1. The molecule has 0 unspecified atom stereocenters. The van der Waals surface area contributed by atoms with Gasteiger partial charge in [-0.1, -0.05) is 0 Å². The van der Waals surface area contributed by atoms with E-state index < -0.39 is 29.1 Å². The van der Waals surface area contributed by atoms with Crippen molar-refractivity contribution in [2.45, 2.75) is 6.10 Å². The molecule has 1 aromatic carbocycles. The molecule has 0 heterocycles. The maximum absolute atomic E-state index is 12.9. The molecule has 0 aliphatic heterocycles. The van der Waals surface area contributed by atoms with E-state index in [1.165, 1.54) is 0 Å². The molecule has 0 aromatic heterocycles. The predicted molar refractivity (Wildman–Crippen MR) is 42.0 cm³/mol. The fraction of sp³-hybridized carbons (Fsp3) is 0.250. The summed E-state index contributed by atoms with van der Waals surface area (Å²) in [7, 11) is 0. The lowest BCUT2D eigenvalue weighted by Gasteiger charge is -2.09. The van der Waals surface area contributed by atoms with Crippen LogP contribution in [0.2, 0.25) is 0 Å². The quantitative estimate of drug-likeness (QED) is 0.743. The van der Waals surface area contributed by atoms with Gasteiger partial charge in [0.2, 0.25) is 0 Å². The molecule has 0 aliphatic rings. The van der Waals surface area contributed by atoms with Gasteiger partial charge in [0, 0.05) is 12.1 Å². The highest BCUT2D eigenvalue weighted by Crippen LogP contribution is 2.22. The molecule has 0 saturated heterocycles. The van der Waals surface area contributed by atoms with Crippen LogP contribution in [0.4, 0.5) is 13.2 Å². The van der Waals surface area contributed by atoms with E-state index in [4.69, 9.17) is 16.7 Å². The minimum Gasteiger partial charge on any atom is -0.387 e. The molecule has 0 amide bonds. The summed E-state index contributed by atoms with van der Waals surface area (Å²) in [6.45, 7) is 0. The lowest BCUT2D eigenvalue weighted by molar-refractivity contribution is 0.191. The number of benzene rings is 1. The van der Waals surface area contributed by atoms with Gasteiger partial charge >= 0.3 is 0 Å². The lowest BCUT2D eigenvalue weighted by Crippen LogP contribution is -2.06. The van der Waals surface area contributed by atoms with Crippen molar-refractivity contribution in [3.8, 4) is 0 Å². The van der Waals surface area contributed by atoms with Crippen LogP contribution in [0.5, 0.6) is 0 Å². The largest absolute Gasteiger partial charge is 0.387 e. The first-order valence-corrected chi connectivity index (χ1v) is 3.98. The van der Waals surface area contributed by atoms with Crippen LogP contribution in [0.1, 0.15) is 11.7 Å². The van der Waals surface area contributed by atoms with Crippen LogP contribution in [0, 0.1) is 17.5 Å². The van der Waals surface area contributed by atoms with Crippen molar-refractivity contribution in [3.63, 3.8) is 0 Å². The van der Waals surface area contributed by atoms with Crippen molar-refractivity contribution in [3.05, 3.63) is 35.1 Å². The molecular weight excluding hydrogens is 205 g/mol. The predicted octanol–water partition coefficient (Wildman–Crippen LogP) is 2.38. The van der Waals surface area contributed by atoms with Crippen molar-refractivity contribution in [2.75, 3.05) is 5.88 Å². The number of rotatable bonds is 2. The monoisotopic (exact) mass is 210 g/mol. The Morgan fingerprint density at radius 3 is 2.08 bits per heavy atom. The van der Waals surface area contributed by atoms with Gasteiger partial charge in [-0.25, -0.2) is 13.2 Å². The van der Waals surface area contributed by atoms with Crippen molar-refractivity contribution in [2.24, 2.45) is 0 Å². The Kier molecular flexibility index (Phi) is 3.17. The van der Waals surface area contributed by atoms with Gasteiger partial charge in [0.25, 0.3) is 0 Å². The van der Waals surface area contributed by atoms with E-state index >= 15 is 0 Å². The van der Waals surface area contributed by atoms with Gasteiger partial charge in [0.15, 0.2) is 0 Å². The second-order valence-corrected chi connectivity index (χ2v) is 2.76. The second kappa shape index (κ2) is 3.98. The average Bonchev–Trinajstić information content (AvgIpc) is 2.02. The number of alkyl halides is 1. The van der Waals surface area contributed by atoms with Crippen LogP contribution in [-0.4, -0.2) is 11.0 Å². The minimum absolute atomic E-state index is 0.348. The van der Waals surface area contributed by atoms with E-state index in [0.717, 1.165) is 0 Å². The summed E-state index contributed by atoms with van der Waals surface area (Å²) in [6.07, 6.45) is -1.46. The Bertz CT molecular complexity index is 293. The highest BCUT2D eigenvalue weighted by atomic mass is 35.5. The van der Waals surface area contributed by atoms with E-state index in [-0.39, 0.29) is 5.88 Å². The van der Waals surface area contributed by atoms with E-state index in [2.05, 4.69) is 0 Å². The van der Waals surface area contributed by atoms with Crippen LogP contribution >= 0.6 is 11.6 Å². The third kappa shape index (κ3) is 2.14. The Hall–Kier alpha value is -0.740. The number of halogens is 4. The summed E-state index contributed by atoms with van der Waals surface area (Å²) in [5.41, 5.74) is -0.601. The van der Waals surface area contributed by atoms with E-state index in [1.807, 2.05) is 0 Å². The lowest BCUT2D eigenvalue weighted by atomic mass is 10.1. The normalized spacial score (nSPS) is 13.0. The molecule has 13 heavy (non-hydrogen) atoms. The summed E-state index contributed by atoms with van der Waals surface area (Å²) in [6, 6.07) is 0.988. The topological polar surface area (TPSA) is 20.2 Å². The molecular formula is C8H6ClF3O. The van der Waals surface area contributed by atoms with Crippen LogP contribution < -0.4 is 0 Å². The first kappa shape index (κ1) is 10.3. The average molecular weight is 211 g/mol. The molecule has 1 aromatic rings. The van der Waals surface area contributed by atoms with Crippen LogP contribution in [0.25, 0.3) is 0 Å². The van der Waals surface area contributed by atoms with Gasteiger partial charge in [-0.15, -0.1) is 11.6 Å². The van der Waals surface area contributed by atoms with Crippen molar-refractivity contribution < 1.29 is 18.3 Å². The smallest absolute Gasteiger partial charge is 0.134 e. The molecule has 72 valence electrons. The molecule has 1 nitrogen and oxygen atoms in total. The molecule has 1 rings (SSSR count). The SMILES string of the molecule is O[C@H](CCl)c1c(F)cc(F)cc1F. The number of hydrogen-bond acceptors (Lipinski definition) is 1. The standard InChI is InChI=1S/C8H6ClF3O/c9-3-7(13)8-5(11)1-4(10)2-6(8)12/h1-2,7,13H,3H2/t7-/m1/s1. The van der Waals surface area contributed by atoms with Gasteiger partial charge in [-0.05, 0) is 0 Å². The molecule has 0 aliphatic carbocycles. The van der Waals surface area contributed by atoms with Gasteiger partial charge in [-0.3, -0.25) is 0 Å². The van der Waals surface area contributed by atoms with E-state index in [1.54, 1.807) is 0 Å². The Balaban J connectivity index is 3.20. The fourth-order valence-corrected chi connectivity index (χ4v) is 1.10. The van der Waals surface area contributed by atoms with Gasteiger partial charge in [0.1, 0.15) is 17.5 Å². The second-order valence-electron chi connectivity index (χ2n) is 2.45. The summed E-state index contributed by atoms with van der Waals surface area (Å²) < 4.78 is 38.1. The van der Waals surface area contributed by atoms with Gasteiger partial charge < -0.3 is 5.11 Å². The van der Waals surface area contributed by atoms with Crippen molar-refractivity contribution in [1.29, 1.82) is 0 Å². The summed E-state index contributed by atoms with van der Waals surface area (Å²) >= 11 is 5.19. The summed E-state index contributed by atoms with van der Waals surface area (Å²) in [5.74, 6) is -3.64. The first-order valence-electron chi connectivity index (χ1n) is 3.44. The molecule has 0 radical (unpaired) electrons. The minimum atomic E-state index is -1.46. The van der Waals surface area contributed by atoms with Crippen molar-refractivity contribution in [1.82, 2.24) is 0 Å².